The highest BCUT2D eigenvalue weighted by atomic mass is 19.3. The van der Waals surface area contributed by atoms with Crippen molar-refractivity contribution in [1.29, 1.82) is 0 Å². The molecule has 3 rings (SSSR count). The summed E-state index contributed by atoms with van der Waals surface area (Å²) in [5.41, 5.74) is 0.229. The molecule has 0 N–H and O–H groups in total. The third-order valence-electron chi connectivity index (χ3n) is 3.82. The first-order valence-corrected chi connectivity index (χ1v) is 7.64. The van der Waals surface area contributed by atoms with E-state index in [0.717, 1.165) is 0 Å². The average Bonchev–Trinajstić information content (AvgIpc) is 2.64. The number of halogens is 2. The van der Waals surface area contributed by atoms with E-state index in [1.54, 1.807) is 0 Å². The Labute approximate surface area is 150 Å². The second-order valence-electron chi connectivity index (χ2n) is 5.50. The molecule has 1 aromatic heterocycles. The van der Waals surface area contributed by atoms with Crippen LogP contribution < -0.4 is 15.0 Å². The fourth-order valence-electron chi connectivity index (χ4n) is 2.57. The Balaban J connectivity index is 1.98. The van der Waals surface area contributed by atoms with E-state index in [1.165, 1.54) is 54.4 Å². The van der Waals surface area contributed by atoms with Gasteiger partial charge in [-0.15, -0.1) is 0 Å². The zero-order valence-corrected chi connectivity index (χ0v) is 14.0. The number of nitro benzene ring substituents is 1. The molecule has 8 nitrogen and oxygen atoms in total. The minimum atomic E-state index is -2.99. The SMILES string of the molecule is COc1cc(Cn2cnc3ccc([N+](=O)[O-])cc3c2=O)ccc1OC(F)F. The van der Waals surface area contributed by atoms with Crippen LogP contribution in [-0.4, -0.2) is 28.2 Å². The zero-order chi connectivity index (χ0) is 19.6. The Kier molecular flexibility index (Phi) is 4.97. The smallest absolute Gasteiger partial charge is 0.387 e. The first kappa shape index (κ1) is 18.2. The number of nitro groups is 1. The third-order valence-corrected chi connectivity index (χ3v) is 3.82. The molecule has 1 heterocycles. The summed E-state index contributed by atoms with van der Waals surface area (Å²) in [6, 6.07) is 8.11. The van der Waals surface area contributed by atoms with Crippen LogP contribution in [0.15, 0.2) is 47.5 Å². The van der Waals surface area contributed by atoms with Gasteiger partial charge in [0, 0.05) is 12.1 Å². The Morgan fingerprint density at radius 2 is 2.00 bits per heavy atom. The summed E-state index contributed by atoms with van der Waals surface area (Å²) in [4.78, 5) is 27.1. The van der Waals surface area contributed by atoms with Crippen molar-refractivity contribution in [3.8, 4) is 11.5 Å². The van der Waals surface area contributed by atoms with Crippen LogP contribution in [0, 0.1) is 10.1 Å². The van der Waals surface area contributed by atoms with E-state index in [2.05, 4.69) is 9.72 Å². The van der Waals surface area contributed by atoms with Crippen LogP contribution in [0.1, 0.15) is 5.56 Å². The monoisotopic (exact) mass is 377 g/mol. The fraction of sp³-hybridized carbons (Fsp3) is 0.176. The summed E-state index contributed by atoms with van der Waals surface area (Å²) in [6.45, 7) is -2.93. The number of hydrogen-bond acceptors (Lipinski definition) is 6. The van der Waals surface area contributed by atoms with E-state index < -0.39 is 17.1 Å². The molecule has 140 valence electrons. The number of non-ortho nitro benzene ring substituents is 1. The largest absolute Gasteiger partial charge is 0.493 e. The maximum Gasteiger partial charge on any atom is 0.387 e. The van der Waals surface area contributed by atoms with E-state index >= 15 is 0 Å². The van der Waals surface area contributed by atoms with Gasteiger partial charge in [-0.1, -0.05) is 6.07 Å². The van der Waals surface area contributed by atoms with Crippen molar-refractivity contribution in [1.82, 2.24) is 9.55 Å². The fourth-order valence-corrected chi connectivity index (χ4v) is 2.57. The minimum Gasteiger partial charge on any atom is -0.493 e. The van der Waals surface area contributed by atoms with Gasteiger partial charge in [-0.25, -0.2) is 4.98 Å². The highest BCUT2D eigenvalue weighted by molar-refractivity contribution is 5.79. The molecule has 0 fully saturated rings. The molecule has 0 saturated carbocycles. The molecule has 0 amide bonds. The first-order chi connectivity index (χ1) is 12.9. The van der Waals surface area contributed by atoms with Gasteiger partial charge in [0.1, 0.15) is 0 Å². The average molecular weight is 377 g/mol. The van der Waals surface area contributed by atoms with Crippen molar-refractivity contribution in [2.24, 2.45) is 0 Å². The lowest BCUT2D eigenvalue weighted by Gasteiger charge is -2.12. The number of benzene rings is 2. The van der Waals surface area contributed by atoms with E-state index in [1.807, 2.05) is 0 Å². The van der Waals surface area contributed by atoms with Gasteiger partial charge in [0.05, 0.1) is 35.8 Å². The Bertz CT molecular complexity index is 1070. The Hall–Kier alpha value is -3.56. The molecule has 0 aliphatic carbocycles. The van der Waals surface area contributed by atoms with Crippen LogP contribution in [0.2, 0.25) is 0 Å². The van der Waals surface area contributed by atoms with Gasteiger partial charge in [0.25, 0.3) is 11.2 Å². The lowest BCUT2D eigenvalue weighted by atomic mass is 10.2. The van der Waals surface area contributed by atoms with E-state index in [4.69, 9.17) is 4.74 Å². The van der Waals surface area contributed by atoms with Crippen molar-refractivity contribution in [3.05, 3.63) is 68.8 Å². The summed E-state index contributed by atoms with van der Waals surface area (Å²) in [5, 5.41) is 11.0. The molecular weight excluding hydrogens is 364 g/mol. The lowest BCUT2D eigenvalue weighted by molar-refractivity contribution is -0.384. The highest BCUT2D eigenvalue weighted by Crippen LogP contribution is 2.29. The van der Waals surface area contributed by atoms with Crippen LogP contribution in [0.25, 0.3) is 10.9 Å². The topological polar surface area (TPSA) is 96.5 Å². The maximum atomic E-state index is 12.6. The summed E-state index contributed by atoms with van der Waals surface area (Å²) >= 11 is 0. The number of methoxy groups -OCH3 is 1. The summed E-state index contributed by atoms with van der Waals surface area (Å²) in [6.07, 6.45) is 1.31. The number of hydrogen-bond donors (Lipinski definition) is 0. The van der Waals surface area contributed by atoms with Gasteiger partial charge in [-0.2, -0.15) is 8.78 Å². The van der Waals surface area contributed by atoms with Gasteiger partial charge in [0.2, 0.25) is 0 Å². The van der Waals surface area contributed by atoms with Crippen LogP contribution in [-0.2, 0) is 6.54 Å². The van der Waals surface area contributed by atoms with Crippen molar-refractivity contribution in [2.75, 3.05) is 7.11 Å². The summed E-state index contributed by atoms with van der Waals surface area (Å²) < 4.78 is 35.4. The minimum absolute atomic E-state index is 0.0653. The lowest BCUT2D eigenvalue weighted by Crippen LogP contribution is -2.21. The van der Waals surface area contributed by atoms with Crippen molar-refractivity contribution >= 4 is 16.6 Å². The van der Waals surface area contributed by atoms with Gasteiger partial charge >= 0.3 is 6.61 Å². The predicted octanol–water partition coefficient (Wildman–Crippen LogP) is 2.96. The number of rotatable bonds is 6. The Morgan fingerprint density at radius 3 is 2.67 bits per heavy atom. The molecule has 3 aromatic rings. The van der Waals surface area contributed by atoms with Gasteiger partial charge in [-0.05, 0) is 23.8 Å². The standard InChI is InChI=1S/C17H13F2N3O5/c1-26-15-6-10(2-5-14(15)27-17(18)19)8-21-9-20-13-4-3-11(22(24)25)7-12(13)16(21)23/h2-7,9,17H,8H2,1H3. The first-order valence-electron chi connectivity index (χ1n) is 7.64. The molecule has 27 heavy (non-hydrogen) atoms. The molecule has 0 aliphatic rings. The molecule has 0 aliphatic heterocycles. The predicted molar refractivity (Wildman–Crippen MR) is 91.4 cm³/mol. The third kappa shape index (κ3) is 3.84. The van der Waals surface area contributed by atoms with Crippen molar-refractivity contribution in [2.45, 2.75) is 13.2 Å². The molecule has 0 atom stereocenters. The van der Waals surface area contributed by atoms with Crippen LogP contribution in [0.3, 0.4) is 0 Å². The maximum absolute atomic E-state index is 12.6. The normalized spacial score (nSPS) is 11.0. The summed E-state index contributed by atoms with van der Waals surface area (Å²) in [7, 11) is 1.31. The number of aromatic nitrogens is 2. The van der Waals surface area contributed by atoms with E-state index in [9.17, 15) is 23.7 Å². The molecule has 0 bridgehead atoms. The number of nitrogens with zero attached hydrogens (tertiary/aromatic N) is 3. The quantitative estimate of drug-likeness (QED) is 0.484. The molecule has 2 aromatic carbocycles. The van der Waals surface area contributed by atoms with Crippen LogP contribution in [0.5, 0.6) is 11.5 Å². The zero-order valence-electron chi connectivity index (χ0n) is 14.0. The number of ether oxygens (including phenoxy) is 2. The van der Waals surface area contributed by atoms with Crippen molar-refractivity contribution < 1.29 is 23.2 Å². The molecule has 0 unspecified atom stereocenters. The molecule has 0 radical (unpaired) electrons. The second kappa shape index (κ2) is 7.36. The van der Waals surface area contributed by atoms with Gasteiger partial charge in [-0.3, -0.25) is 19.5 Å². The molecular formula is C17H13F2N3O5. The van der Waals surface area contributed by atoms with Gasteiger partial charge in [0.15, 0.2) is 11.5 Å². The highest BCUT2D eigenvalue weighted by Gasteiger charge is 2.13. The van der Waals surface area contributed by atoms with Crippen LogP contribution in [0.4, 0.5) is 14.5 Å². The van der Waals surface area contributed by atoms with Crippen molar-refractivity contribution in [3.63, 3.8) is 0 Å². The number of fused-ring (bicyclic) bond motifs is 1. The number of alkyl halides is 2. The van der Waals surface area contributed by atoms with Crippen LogP contribution >= 0.6 is 0 Å². The van der Waals surface area contributed by atoms with Gasteiger partial charge < -0.3 is 9.47 Å². The molecule has 0 spiro atoms. The van der Waals surface area contributed by atoms with E-state index in [-0.39, 0.29) is 29.1 Å². The summed E-state index contributed by atoms with van der Waals surface area (Å²) in [5.74, 6) is -0.0407. The second-order valence-corrected chi connectivity index (χ2v) is 5.50. The Morgan fingerprint density at radius 1 is 1.22 bits per heavy atom. The van der Waals surface area contributed by atoms with E-state index in [0.29, 0.717) is 11.1 Å². The molecule has 10 heteroatoms. The molecule has 0 saturated heterocycles.